The first-order valence-corrected chi connectivity index (χ1v) is 11.3. The molecule has 0 saturated carbocycles. The summed E-state index contributed by atoms with van der Waals surface area (Å²) in [5, 5.41) is 3.73. The lowest BCUT2D eigenvalue weighted by Gasteiger charge is -2.26. The Kier molecular flexibility index (Phi) is 7.10. The molecule has 164 valence electrons. The molecule has 1 saturated heterocycles. The van der Waals surface area contributed by atoms with Gasteiger partial charge in [0.1, 0.15) is 11.4 Å². The highest BCUT2D eigenvalue weighted by Crippen LogP contribution is 2.35. The van der Waals surface area contributed by atoms with E-state index in [0.29, 0.717) is 18.0 Å². The number of amides is 1. The molecule has 1 fully saturated rings. The average molecular weight is 441 g/mol. The molecule has 0 bridgehead atoms. The summed E-state index contributed by atoms with van der Waals surface area (Å²) in [6.45, 7) is 3.82. The van der Waals surface area contributed by atoms with Crippen LogP contribution in [-0.4, -0.2) is 53.5 Å². The van der Waals surface area contributed by atoms with Gasteiger partial charge in [0.15, 0.2) is 0 Å². The number of fused-ring (bicyclic) bond motifs is 1. The van der Waals surface area contributed by atoms with Gasteiger partial charge in [0.05, 0.1) is 17.8 Å². The van der Waals surface area contributed by atoms with Crippen LogP contribution >= 0.6 is 11.6 Å². The Bertz CT molecular complexity index is 1030. The van der Waals surface area contributed by atoms with E-state index in [4.69, 9.17) is 16.3 Å². The SMILES string of the molecule is COc1ccccc1C(CC(=O)NCCN1CCCCC1)c1cnc2ccc(Cl)cn12. The summed E-state index contributed by atoms with van der Waals surface area (Å²) < 4.78 is 7.57. The van der Waals surface area contributed by atoms with E-state index in [2.05, 4.69) is 15.2 Å². The van der Waals surface area contributed by atoms with Gasteiger partial charge in [-0.15, -0.1) is 0 Å². The first kappa shape index (κ1) is 21.7. The molecule has 3 heterocycles. The maximum Gasteiger partial charge on any atom is 0.221 e. The number of pyridine rings is 1. The van der Waals surface area contributed by atoms with Crippen LogP contribution in [0.5, 0.6) is 5.75 Å². The molecule has 31 heavy (non-hydrogen) atoms. The van der Waals surface area contributed by atoms with E-state index in [-0.39, 0.29) is 11.8 Å². The van der Waals surface area contributed by atoms with Crippen LogP contribution in [0.25, 0.3) is 5.65 Å². The molecule has 1 aliphatic heterocycles. The third kappa shape index (κ3) is 5.20. The van der Waals surface area contributed by atoms with Crippen LogP contribution in [-0.2, 0) is 4.79 Å². The second-order valence-corrected chi connectivity index (χ2v) is 8.45. The minimum Gasteiger partial charge on any atom is -0.496 e. The van der Waals surface area contributed by atoms with Crippen molar-refractivity contribution < 1.29 is 9.53 Å². The lowest BCUT2D eigenvalue weighted by molar-refractivity contribution is -0.121. The number of rotatable bonds is 8. The van der Waals surface area contributed by atoms with Gasteiger partial charge in [-0.05, 0) is 44.1 Å². The summed E-state index contributed by atoms with van der Waals surface area (Å²) in [7, 11) is 1.65. The lowest BCUT2D eigenvalue weighted by Crippen LogP contribution is -2.38. The third-order valence-corrected chi connectivity index (χ3v) is 6.18. The molecule has 1 N–H and O–H groups in total. The molecular weight excluding hydrogens is 412 g/mol. The highest BCUT2D eigenvalue weighted by atomic mass is 35.5. The Hall–Kier alpha value is -2.57. The zero-order chi connectivity index (χ0) is 21.6. The summed E-state index contributed by atoms with van der Waals surface area (Å²) in [5.41, 5.74) is 2.66. The summed E-state index contributed by atoms with van der Waals surface area (Å²) in [6, 6.07) is 11.5. The maximum absolute atomic E-state index is 12.9. The van der Waals surface area contributed by atoms with Crippen molar-refractivity contribution in [2.24, 2.45) is 0 Å². The molecule has 6 nitrogen and oxygen atoms in total. The minimum atomic E-state index is -0.209. The van der Waals surface area contributed by atoms with Crippen LogP contribution in [0.4, 0.5) is 0 Å². The van der Waals surface area contributed by atoms with Crippen molar-refractivity contribution in [1.82, 2.24) is 19.6 Å². The number of para-hydroxylation sites is 1. The van der Waals surface area contributed by atoms with Crippen molar-refractivity contribution >= 4 is 23.2 Å². The number of likely N-dealkylation sites (tertiary alicyclic amines) is 1. The molecule has 1 aromatic carbocycles. The summed E-state index contributed by atoms with van der Waals surface area (Å²) in [6.07, 6.45) is 7.79. The van der Waals surface area contributed by atoms with Crippen molar-refractivity contribution in [1.29, 1.82) is 0 Å². The third-order valence-electron chi connectivity index (χ3n) is 5.96. The molecule has 0 radical (unpaired) electrons. The number of nitrogens with one attached hydrogen (secondary N) is 1. The van der Waals surface area contributed by atoms with Crippen molar-refractivity contribution in [3.05, 3.63) is 65.1 Å². The number of carbonyl (C=O) groups excluding carboxylic acids is 1. The molecule has 0 spiro atoms. The molecule has 0 aliphatic carbocycles. The standard InChI is InChI=1S/C24H29ClN4O2/c1-31-22-8-4-3-7-19(22)20(21-16-27-23-10-9-18(25)17-29(21)23)15-24(30)26-11-14-28-12-5-2-6-13-28/h3-4,7-10,16-17,20H,2,5-6,11-15H2,1H3,(H,26,30). The van der Waals surface area contributed by atoms with Crippen LogP contribution < -0.4 is 10.1 Å². The first-order valence-electron chi connectivity index (χ1n) is 10.9. The van der Waals surface area contributed by atoms with Gasteiger partial charge in [0.2, 0.25) is 5.91 Å². The number of benzene rings is 1. The molecule has 4 rings (SSSR count). The largest absolute Gasteiger partial charge is 0.496 e. The topological polar surface area (TPSA) is 58.9 Å². The van der Waals surface area contributed by atoms with Crippen LogP contribution in [0.3, 0.4) is 0 Å². The van der Waals surface area contributed by atoms with Crippen molar-refractivity contribution in [3.8, 4) is 5.75 Å². The number of methoxy groups -OCH3 is 1. The Morgan fingerprint density at radius 1 is 1.19 bits per heavy atom. The lowest BCUT2D eigenvalue weighted by atomic mass is 9.91. The fourth-order valence-corrected chi connectivity index (χ4v) is 4.51. The van der Waals surface area contributed by atoms with Crippen molar-refractivity contribution in [2.75, 3.05) is 33.3 Å². The van der Waals surface area contributed by atoms with Gasteiger partial charge in [-0.3, -0.25) is 4.79 Å². The van der Waals surface area contributed by atoms with E-state index in [0.717, 1.165) is 42.3 Å². The van der Waals surface area contributed by atoms with E-state index >= 15 is 0 Å². The summed E-state index contributed by atoms with van der Waals surface area (Å²) in [5.74, 6) is 0.565. The number of halogens is 1. The second kappa shape index (κ2) is 10.2. The quantitative estimate of drug-likeness (QED) is 0.572. The molecule has 1 unspecified atom stereocenters. The fraction of sp³-hybridized carbons (Fsp3) is 0.417. The minimum absolute atomic E-state index is 0.0184. The molecular formula is C24H29ClN4O2. The number of hydrogen-bond donors (Lipinski definition) is 1. The molecule has 2 aromatic heterocycles. The van der Waals surface area contributed by atoms with E-state index in [1.165, 1.54) is 19.3 Å². The molecule has 1 atom stereocenters. The maximum atomic E-state index is 12.9. The first-order chi connectivity index (χ1) is 15.2. The average Bonchev–Trinajstić information content (AvgIpc) is 3.21. The van der Waals surface area contributed by atoms with Crippen molar-refractivity contribution in [2.45, 2.75) is 31.6 Å². The van der Waals surface area contributed by atoms with Crippen LogP contribution in [0.1, 0.15) is 42.9 Å². The molecule has 1 amide bonds. The Balaban J connectivity index is 1.55. The van der Waals surface area contributed by atoms with Crippen LogP contribution in [0.15, 0.2) is 48.8 Å². The molecule has 1 aliphatic rings. The molecule has 3 aromatic rings. The number of hydrogen-bond acceptors (Lipinski definition) is 4. The van der Waals surface area contributed by atoms with Crippen molar-refractivity contribution in [3.63, 3.8) is 0 Å². The highest BCUT2D eigenvalue weighted by molar-refractivity contribution is 6.30. The summed E-state index contributed by atoms with van der Waals surface area (Å²) >= 11 is 6.25. The van der Waals surface area contributed by atoms with Gasteiger partial charge < -0.3 is 19.4 Å². The predicted octanol–water partition coefficient (Wildman–Crippen LogP) is 4.12. The van der Waals surface area contributed by atoms with E-state index in [9.17, 15) is 4.79 Å². The Morgan fingerprint density at radius 3 is 2.81 bits per heavy atom. The van der Waals surface area contributed by atoms with E-state index in [1.54, 1.807) is 7.11 Å². The van der Waals surface area contributed by atoms with E-state index < -0.39 is 0 Å². The smallest absolute Gasteiger partial charge is 0.221 e. The van der Waals surface area contributed by atoms with Gasteiger partial charge in [-0.25, -0.2) is 4.98 Å². The number of imidazole rings is 1. The zero-order valence-corrected chi connectivity index (χ0v) is 18.6. The number of nitrogens with zero attached hydrogens (tertiary/aromatic N) is 3. The molecule has 7 heteroatoms. The number of ether oxygens (including phenoxy) is 1. The van der Waals surface area contributed by atoms with Gasteiger partial charge in [-0.2, -0.15) is 0 Å². The Morgan fingerprint density at radius 2 is 2.00 bits per heavy atom. The number of aromatic nitrogens is 2. The van der Waals surface area contributed by atoms with Crippen LogP contribution in [0, 0.1) is 0 Å². The summed E-state index contributed by atoms with van der Waals surface area (Å²) in [4.78, 5) is 19.9. The fourth-order valence-electron chi connectivity index (χ4n) is 4.35. The normalized spacial score (nSPS) is 15.7. The monoisotopic (exact) mass is 440 g/mol. The van der Waals surface area contributed by atoms with Crippen LogP contribution in [0.2, 0.25) is 5.02 Å². The number of carbonyl (C=O) groups is 1. The highest BCUT2D eigenvalue weighted by Gasteiger charge is 2.25. The van der Waals surface area contributed by atoms with Gasteiger partial charge in [0, 0.05) is 43.4 Å². The number of piperidine rings is 1. The van der Waals surface area contributed by atoms with E-state index in [1.807, 2.05) is 53.2 Å². The predicted molar refractivity (Wildman–Crippen MR) is 123 cm³/mol. The zero-order valence-electron chi connectivity index (χ0n) is 17.9. The van der Waals surface area contributed by atoms with Gasteiger partial charge >= 0.3 is 0 Å². The Labute approximate surface area is 188 Å². The second-order valence-electron chi connectivity index (χ2n) is 8.01. The van der Waals surface area contributed by atoms with Gasteiger partial charge in [-0.1, -0.05) is 36.2 Å². The van der Waals surface area contributed by atoms with Gasteiger partial charge in [0.25, 0.3) is 0 Å².